The average Bonchev–Trinajstić information content (AvgIpc) is 2.94. The number of fused-ring (bicyclic) bond motifs is 1. The summed E-state index contributed by atoms with van der Waals surface area (Å²) >= 11 is 0. The molecule has 0 spiro atoms. The molecular formula is C30H37N3O4. The number of aryl methyl sites for hydroxylation is 1. The Morgan fingerprint density at radius 3 is 2.81 bits per heavy atom. The van der Waals surface area contributed by atoms with Crippen LogP contribution >= 0.6 is 0 Å². The van der Waals surface area contributed by atoms with E-state index in [4.69, 9.17) is 18.9 Å². The largest absolute Gasteiger partial charge is 0.490 e. The van der Waals surface area contributed by atoms with Crippen LogP contribution in [0.1, 0.15) is 35.4 Å². The molecule has 0 amide bonds. The molecule has 2 aliphatic heterocycles. The smallest absolute Gasteiger partial charge is 0.219 e. The third-order valence-electron chi connectivity index (χ3n) is 7.06. The zero-order valence-electron chi connectivity index (χ0n) is 21.8. The maximum Gasteiger partial charge on any atom is 0.219 e. The predicted octanol–water partition coefficient (Wildman–Crippen LogP) is 5.08. The molecule has 1 saturated heterocycles. The molecule has 0 bridgehead atoms. The normalized spacial score (nSPS) is 19.2. The number of hydrogen-bond acceptors (Lipinski definition) is 7. The Kier molecular flexibility index (Phi) is 8.56. The van der Waals surface area contributed by atoms with E-state index in [1.165, 1.54) is 11.1 Å². The van der Waals surface area contributed by atoms with Gasteiger partial charge in [0, 0.05) is 45.0 Å². The van der Waals surface area contributed by atoms with Crippen molar-refractivity contribution in [2.75, 3.05) is 51.4 Å². The van der Waals surface area contributed by atoms with E-state index in [2.05, 4.69) is 45.5 Å². The minimum Gasteiger partial charge on any atom is -0.490 e. The second-order valence-corrected chi connectivity index (χ2v) is 9.78. The number of nitrogens with zero attached hydrogens (tertiary/aromatic N) is 2. The monoisotopic (exact) mass is 503 g/mol. The maximum atomic E-state index is 6.51. The molecule has 196 valence electrons. The van der Waals surface area contributed by atoms with Gasteiger partial charge in [-0.25, -0.2) is 4.98 Å². The summed E-state index contributed by atoms with van der Waals surface area (Å²) in [5.41, 5.74) is 4.71. The van der Waals surface area contributed by atoms with Crippen LogP contribution in [0.5, 0.6) is 17.4 Å². The van der Waals surface area contributed by atoms with Gasteiger partial charge in [0.1, 0.15) is 18.1 Å². The second kappa shape index (κ2) is 12.4. The van der Waals surface area contributed by atoms with Crippen molar-refractivity contribution in [2.45, 2.75) is 38.4 Å². The van der Waals surface area contributed by atoms with Crippen LogP contribution in [0.4, 0.5) is 5.69 Å². The van der Waals surface area contributed by atoms with Crippen LogP contribution in [0.15, 0.2) is 60.8 Å². The quantitative estimate of drug-likeness (QED) is 0.387. The van der Waals surface area contributed by atoms with Crippen LogP contribution in [0.3, 0.4) is 0 Å². The number of aromatic nitrogens is 1. The lowest BCUT2D eigenvalue weighted by Crippen LogP contribution is -2.41. The van der Waals surface area contributed by atoms with Crippen molar-refractivity contribution in [1.29, 1.82) is 0 Å². The Labute approximate surface area is 219 Å². The van der Waals surface area contributed by atoms with Crippen molar-refractivity contribution in [1.82, 2.24) is 10.3 Å². The van der Waals surface area contributed by atoms with E-state index in [9.17, 15) is 0 Å². The van der Waals surface area contributed by atoms with Gasteiger partial charge >= 0.3 is 0 Å². The van der Waals surface area contributed by atoms with Gasteiger partial charge in [-0.1, -0.05) is 24.3 Å². The van der Waals surface area contributed by atoms with Crippen molar-refractivity contribution in [2.24, 2.45) is 0 Å². The summed E-state index contributed by atoms with van der Waals surface area (Å²) in [4.78, 5) is 6.73. The number of hydrogen-bond donors (Lipinski definition) is 1. The van der Waals surface area contributed by atoms with Gasteiger partial charge in [-0.2, -0.15) is 0 Å². The molecule has 1 unspecified atom stereocenters. The molecule has 0 saturated carbocycles. The molecular weight excluding hydrogens is 466 g/mol. The van der Waals surface area contributed by atoms with E-state index in [0.717, 1.165) is 75.0 Å². The van der Waals surface area contributed by atoms with Crippen LogP contribution in [-0.2, 0) is 16.1 Å². The van der Waals surface area contributed by atoms with E-state index in [1.54, 1.807) is 7.11 Å². The number of ether oxygens (including phenoxy) is 4. The summed E-state index contributed by atoms with van der Waals surface area (Å²) in [5, 5.41) is 3.51. The molecule has 1 N–H and O–H groups in total. The van der Waals surface area contributed by atoms with Crippen molar-refractivity contribution in [3.8, 4) is 17.4 Å². The summed E-state index contributed by atoms with van der Waals surface area (Å²) in [5.74, 6) is 2.68. The van der Waals surface area contributed by atoms with E-state index >= 15 is 0 Å². The molecule has 0 aliphatic carbocycles. The topological polar surface area (TPSA) is 65.1 Å². The third-order valence-corrected chi connectivity index (χ3v) is 7.06. The standard InChI is InChI=1S/C30H37N3O4/c1-22-4-11-30(32-19-22)37-25-8-6-24(7-9-25)26-12-13-31-20-29(26)36-21-23-5-10-28-27(18-23)33(15-17-35-28)14-3-16-34-2/h4-11,18-19,26,29,31H,3,12-17,20-21H2,1-2H3/t26-,29?/m1/s1. The molecule has 5 rings (SSSR count). The SMILES string of the molecule is COCCCN1CCOc2ccc(COC3CNCC[C@@H]3c3ccc(Oc4ccc(C)cn4)cc3)cc21. The van der Waals surface area contributed by atoms with Gasteiger partial charge in [-0.05, 0) is 67.3 Å². The molecule has 7 heteroatoms. The molecule has 7 nitrogen and oxygen atoms in total. The number of pyridine rings is 1. The number of piperidine rings is 1. The predicted molar refractivity (Wildman–Crippen MR) is 145 cm³/mol. The number of rotatable bonds is 10. The first-order chi connectivity index (χ1) is 18.2. The van der Waals surface area contributed by atoms with E-state index in [0.29, 0.717) is 18.4 Å². The van der Waals surface area contributed by atoms with Crippen LogP contribution in [0.2, 0.25) is 0 Å². The summed E-state index contributed by atoms with van der Waals surface area (Å²) in [7, 11) is 1.75. The third kappa shape index (κ3) is 6.60. The van der Waals surface area contributed by atoms with Crippen molar-refractivity contribution < 1.29 is 18.9 Å². The molecule has 1 aromatic heterocycles. The highest BCUT2D eigenvalue weighted by Crippen LogP contribution is 2.34. The van der Waals surface area contributed by atoms with Crippen LogP contribution < -0.4 is 19.7 Å². The first-order valence-corrected chi connectivity index (χ1v) is 13.2. The molecule has 3 aromatic rings. The van der Waals surface area contributed by atoms with Crippen molar-refractivity contribution >= 4 is 5.69 Å². The molecule has 2 aromatic carbocycles. The van der Waals surface area contributed by atoms with Crippen LogP contribution in [0.25, 0.3) is 0 Å². The van der Waals surface area contributed by atoms with E-state index in [-0.39, 0.29) is 6.10 Å². The zero-order valence-corrected chi connectivity index (χ0v) is 21.8. The summed E-state index contributed by atoms with van der Waals surface area (Å²) < 4.78 is 23.6. The lowest BCUT2D eigenvalue weighted by atomic mass is 9.87. The Bertz CT molecular complexity index is 1140. The highest BCUT2D eigenvalue weighted by Gasteiger charge is 2.27. The number of methoxy groups -OCH3 is 1. The van der Waals surface area contributed by atoms with Gasteiger partial charge in [0.15, 0.2) is 0 Å². The number of benzene rings is 2. The summed E-state index contributed by atoms with van der Waals surface area (Å²) in [6, 6.07) is 18.7. The minimum atomic E-state index is 0.101. The number of nitrogens with one attached hydrogen (secondary N) is 1. The number of anilines is 1. The Morgan fingerprint density at radius 2 is 2.00 bits per heavy atom. The molecule has 37 heavy (non-hydrogen) atoms. The van der Waals surface area contributed by atoms with E-state index in [1.807, 2.05) is 37.4 Å². The maximum absolute atomic E-state index is 6.51. The fourth-order valence-corrected chi connectivity index (χ4v) is 5.05. The molecule has 0 radical (unpaired) electrons. The summed E-state index contributed by atoms with van der Waals surface area (Å²) in [6.45, 7) is 7.76. The fraction of sp³-hybridized carbons (Fsp3) is 0.433. The Morgan fingerprint density at radius 1 is 1.11 bits per heavy atom. The first-order valence-electron chi connectivity index (χ1n) is 13.2. The molecule has 2 atom stereocenters. The van der Waals surface area contributed by atoms with Crippen molar-refractivity contribution in [3.05, 3.63) is 77.5 Å². The first kappa shape index (κ1) is 25.5. The summed E-state index contributed by atoms with van der Waals surface area (Å²) in [6.07, 6.45) is 3.95. The molecule has 1 fully saturated rings. The highest BCUT2D eigenvalue weighted by atomic mass is 16.5. The van der Waals surface area contributed by atoms with Crippen LogP contribution in [-0.4, -0.2) is 57.6 Å². The molecule has 3 heterocycles. The Balaban J connectivity index is 1.22. The van der Waals surface area contributed by atoms with Gasteiger partial charge in [0.25, 0.3) is 0 Å². The van der Waals surface area contributed by atoms with Gasteiger partial charge in [-0.15, -0.1) is 0 Å². The van der Waals surface area contributed by atoms with E-state index < -0.39 is 0 Å². The van der Waals surface area contributed by atoms with Gasteiger partial charge < -0.3 is 29.2 Å². The average molecular weight is 504 g/mol. The van der Waals surface area contributed by atoms with Gasteiger partial charge in [0.05, 0.1) is 24.9 Å². The lowest BCUT2D eigenvalue weighted by Gasteiger charge is -2.33. The van der Waals surface area contributed by atoms with Crippen LogP contribution in [0, 0.1) is 6.92 Å². The zero-order chi connectivity index (χ0) is 25.5. The van der Waals surface area contributed by atoms with Gasteiger partial charge in [0.2, 0.25) is 5.88 Å². The Hall–Kier alpha value is -3.13. The fourth-order valence-electron chi connectivity index (χ4n) is 5.05. The molecule has 2 aliphatic rings. The van der Waals surface area contributed by atoms with Crippen molar-refractivity contribution in [3.63, 3.8) is 0 Å². The second-order valence-electron chi connectivity index (χ2n) is 9.78. The minimum absolute atomic E-state index is 0.101. The van der Waals surface area contributed by atoms with Gasteiger partial charge in [-0.3, -0.25) is 0 Å². The lowest BCUT2D eigenvalue weighted by molar-refractivity contribution is 0.0106. The highest BCUT2D eigenvalue weighted by molar-refractivity contribution is 5.61.